The highest BCUT2D eigenvalue weighted by molar-refractivity contribution is 7.90. The molecular weight excluding hydrogens is 436 g/mol. The predicted octanol–water partition coefficient (Wildman–Crippen LogP) is 3.93. The first-order valence-electron chi connectivity index (χ1n) is 10.7. The number of amides is 1. The maximum atomic E-state index is 12.6. The summed E-state index contributed by atoms with van der Waals surface area (Å²) < 4.78 is 29.2. The Balaban J connectivity index is 1.69. The monoisotopic (exact) mass is 462 g/mol. The van der Waals surface area contributed by atoms with Crippen molar-refractivity contribution in [2.45, 2.75) is 37.6 Å². The van der Waals surface area contributed by atoms with Crippen molar-refractivity contribution >= 4 is 38.8 Å². The third-order valence-corrected chi connectivity index (χ3v) is 6.41. The van der Waals surface area contributed by atoms with Crippen LogP contribution in [0.2, 0.25) is 0 Å². The van der Waals surface area contributed by atoms with E-state index >= 15 is 0 Å². The fourth-order valence-electron chi connectivity index (χ4n) is 3.68. The van der Waals surface area contributed by atoms with Crippen LogP contribution in [0.25, 0.3) is 10.8 Å². The maximum absolute atomic E-state index is 12.6. The van der Waals surface area contributed by atoms with Crippen LogP contribution >= 0.6 is 0 Å². The maximum Gasteiger partial charge on any atom is 0.285 e. The van der Waals surface area contributed by atoms with Gasteiger partial charge in [-0.15, -0.1) is 4.40 Å². The van der Waals surface area contributed by atoms with E-state index in [9.17, 15) is 13.2 Å². The van der Waals surface area contributed by atoms with Gasteiger partial charge in [0.1, 0.15) is 4.90 Å². The number of rotatable bonds is 5. The highest BCUT2D eigenvalue weighted by Crippen LogP contribution is 2.28. The molecule has 1 N–H and O–H groups in total. The molecule has 1 amide bonds. The van der Waals surface area contributed by atoms with E-state index in [2.05, 4.69) is 14.8 Å². The highest BCUT2D eigenvalue weighted by atomic mass is 32.2. The normalized spacial score (nSPS) is 14.8. The molecule has 3 aromatic rings. The Morgan fingerprint density at radius 1 is 1.03 bits per heavy atom. The zero-order chi connectivity index (χ0) is 23.6. The Kier molecular flexibility index (Phi) is 6.03. The second kappa shape index (κ2) is 8.78. The van der Waals surface area contributed by atoms with Crippen LogP contribution in [0.5, 0.6) is 0 Å². The minimum atomic E-state index is -3.81. The number of carbonyl (C=O) groups excluding carboxylic acids is 1. The minimum absolute atomic E-state index is 0.130. The van der Waals surface area contributed by atoms with Crippen LogP contribution in [-0.4, -0.2) is 43.5 Å². The molecule has 7 nitrogen and oxygen atoms in total. The zero-order valence-electron chi connectivity index (χ0n) is 18.8. The molecule has 0 bridgehead atoms. The lowest BCUT2D eigenvalue weighted by Gasteiger charge is -2.22. The number of hydrogen-bond acceptors (Lipinski definition) is 5. The second-order valence-electron chi connectivity index (χ2n) is 8.87. The zero-order valence-corrected chi connectivity index (χ0v) is 19.6. The van der Waals surface area contributed by atoms with Gasteiger partial charge in [0.2, 0.25) is 5.91 Å². The Morgan fingerprint density at radius 3 is 2.52 bits per heavy atom. The number of hydrazone groups is 1. The molecule has 0 spiro atoms. The van der Waals surface area contributed by atoms with Gasteiger partial charge in [0.25, 0.3) is 10.0 Å². The van der Waals surface area contributed by atoms with Crippen molar-refractivity contribution < 1.29 is 13.2 Å². The average Bonchev–Trinajstić information content (AvgIpc) is 3.04. The number of hydrogen-bond donors (Lipinski definition) is 1. The smallest absolute Gasteiger partial charge is 0.285 e. The van der Waals surface area contributed by atoms with Gasteiger partial charge in [-0.25, -0.2) is 5.01 Å². The van der Waals surface area contributed by atoms with Gasteiger partial charge in [-0.3, -0.25) is 4.79 Å². The van der Waals surface area contributed by atoms with Gasteiger partial charge in [-0.2, -0.15) is 13.5 Å². The molecule has 33 heavy (non-hydrogen) atoms. The van der Waals surface area contributed by atoms with Gasteiger partial charge in [0.15, 0.2) is 5.84 Å². The SMILES string of the molecule is CC(C)(C)NC(=O)CCN(/N=C\c1cccc2ccccc12)C1=NS(=O)(=O)c2ccccc21. The lowest BCUT2D eigenvalue weighted by molar-refractivity contribution is -0.122. The molecule has 1 heterocycles. The summed E-state index contributed by atoms with van der Waals surface area (Å²) in [6.07, 6.45) is 1.81. The first-order chi connectivity index (χ1) is 15.6. The Labute approximate surface area is 193 Å². The van der Waals surface area contributed by atoms with E-state index < -0.39 is 10.0 Å². The number of benzene rings is 3. The topological polar surface area (TPSA) is 91.2 Å². The Hall–Kier alpha value is -3.52. The van der Waals surface area contributed by atoms with E-state index in [1.165, 1.54) is 11.1 Å². The summed E-state index contributed by atoms with van der Waals surface area (Å²) in [5.74, 6) is 0.0632. The van der Waals surface area contributed by atoms with E-state index in [0.717, 1.165) is 16.3 Å². The standard InChI is InChI=1S/C25H26N4O3S/c1-25(2,3)27-23(30)15-16-29(24-21-13-6-7-14-22(21)33(31,32)28-24)26-17-19-11-8-10-18-9-4-5-12-20(18)19/h4-14,17H,15-16H2,1-3H3,(H,27,30)/b26-17-. The third-order valence-electron chi connectivity index (χ3n) is 5.08. The molecule has 8 heteroatoms. The fourth-order valence-corrected chi connectivity index (χ4v) is 4.88. The quantitative estimate of drug-likeness (QED) is 0.459. The summed E-state index contributed by atoms with van der Waals surface area (Å²) in [6.45, 7) is 5.90. The molecule has 3 aromatic carbocycles. The van der Waals surface area contributed by atoms with E-state index in [1.807, 2.05) is 63.2 Å². The number of carbonyl (C=O) groups is 1. The van der Waals surface area contributed by atoms with Crippen molar-refractivity contribution in [1.29, 1.82) is 0 Å². The average molecular weight is 463 g/mol. The lowest BCUT2D eigenvalue weighted by atomic mass is 10.1. The summed E-state index contributed by atoms with van der Waals surface area (Å²) in [5.41, 5.74) is 0.991. The number of amidine groups is 1. The molecular formula is C25H26N4O3S. The second-order valence-corrected chi connectivity index (χ2v) is 10.4. The molecule has 0 saturated heterocycles. The predicted molar refractivity (Wildman–Crippen MR) is 131 cm³/mol. The number of fused-ring (bicyclic) bond motifs is 2. The van der Waals surface area contributed by atoms with Crippen molar-refractivity contribution in [3.8, 4) is 0 Å². The van der Waals surface area contributed by atoms with Gasteiger partial charge in [0.05, 0.1) is 12.8 Å². The lowest BCUT2D eigenvalue weighted by Crippen LogP contribution is -2.42. The number of sulfonamides is 1. The van der Waals surface area contributed by atoms with Crippen LogP contribution in [0.1, 0.15) is 38.3 Å². The van der Waals surface area contributed by atoms with Gasteiger partial charge in [-0.1, -0.05) is 54.6 Å². The molecule has 0 aliphatic carbocycles. The number of nitrogens with zero attached hydrogens (tertiary/aromatic N) is 3. The van der Waals surface area contributed by atoms with Crippen molar-refractivity contribution in [3.63, 3.8) is 0 Å². The number of nitrogens with one attached hydrogen (secondary N) is 1. The minimum Gasteiger partial charge on any atom is -0.351 e. The molecule has 4 rings (SSSR count). The van der Waals surface area contributed by atoms with Crippen LogP contribution in [0.4, 0.5) is 0 Å². The van der Waals surface area contributed by atoms with E-state index in [0.29, 0.717) is 5.56 Å². The summed E-state index contributed by atoms with van der Waals surface area (Å²) in [6, 6.07) is 20.5. The van der Waals surface area contributed by atoms with E-state index in [-0.39, 0.29) is 35.1 Å². The van der Waals surface area contributed by atoms with Crippen LogP contribution in [0.3, 0.4) is 0 Å². The van der Waals surface area contributed by atoms with Crippen LogP contribution < -0.4 is 5.32 Å². The van der Waals surface area contributed by atoms with Crippen LogP contribution in [-0.2, 0) is 14.8 Å². The summed E-state index contributed by atoms with van der Waals surface area (Å²) in [5, 5.41) is 11.1. The Morgan fingerprint density at radius 2 is 1.73 bits per heavy atom. The van der Waals surface area contributed by atoms with Gasteiger partial charge in [0, 0.05) is 23.1 Å². The molecule has 1 aliphatic rings. The first kappa shape index (κ1) is 22.7. The molecule has 0 saturated carbocycles. The molecule has 170 valence electrons. The summed E-state index contributed by atoms with van der Waals surface area (Å²) >= 11 is 0. The van der Waals surface area contributed by atoms with E-state index in [1.54, 1.807) is 24.4 Å². The molecule has 1 aliphatic heterocycles. The molecule has 0 aromatic heterocycles. The van der Waals surface area contributed by atoms with Crippen molar-refractivity contribution in [2.24, 2.45) is 9.50 Å². The Bertz CT molecular complexity index is 1370. The molecule has 0 unspecified atom stereocenters. The van der Waals surface area contributed by atoms with Crippen LogP contribution in [0.15, 0.2) is 81.1 Å². The van der Waals surface area contributed by atoms with Crippen molar-refractivity contribution in [2.75, 3.05) is 6.54 Å². The molecule has 0 atom stereocenters. The summed E-state index contributed by atoms with van der Waals surface area (Å²) in [4.78, 5) is 12.6. The van der Waals surface area contributed by atoms with Gasteiger partial charge >= 0.3 is 0 Å². The van der Waals surface area contributed by atoms with Crippen molar-refractivity contribution in [3.05, 3.63) is 77.9 Å². The molecule has 0 radical (unpaired) electrons. The van der Waals surface area contributed by atoms with E-state index in [4.69, 9.17) is 0 Å². The van der Waals surface area contributed by atoms with Gasteiger partial charge < -0.3 is 5.32 Å². The highest BCUT2D eigenvalue weighted by Gasteiger charge is 2.32. The van der Waals surface area contributed by atoms with Gasteiger partial charge in [-0.05, 0) is 43.7 Å². The largest absolute Gasteiger partial charge is 0.351 e. The first-order valence-corrected chi connectivity index (χ1v) is 12.1. The molecule has 0 fully saturated rings. The third kappa shape index (κ3) is 5.12. The van der Waals surface area contributed by atoms with Crippen molar-refractivity contribution in [1.82, 2.24) is 10.3 Å². The fraction of sp³-hybridized carbons (Fsp3) is 0.240. The van der Waals surface area contributed by atoms with Crippen LogP contribution in [0, 0.1) is 0 Å². The summed E-state index contributed by atoms with van der Waals surface area (Å²) in [7, 11) is -3.81.